The zero-order chi connectivity index (χ0) is 25.1. The number of halogens is 4. The predicted molar refractivity (Wildman–Crippen MR) is 101 cm³/mol. The second-order valence-corrected chi connectivity index (χ2v) is 5.84. The molecule has 0 aliphatic carbocycles. The normalized spacial score (nSPS) is 12.2. The van der Waals surface area contributed by atoms with Crippen LogP contribution in [0.4, 0.5) is 23.2 Å². The summed E-state index contributed by atoms with van der Waals surface area (Å²) in [7, 11) is 0. The fourth-order valence-corrected chi connectivity index (χ4v) is 1.90. The maximum absolute atomic E-state index is 12.1. The lowest BCUT2D eigenvalue weighted by molar-refractivity contribution is -0.384. The number of aromatic hydroxyl groups is 1. The first-order valence-corrected chi connectivity index (χ1v) is 8.43. The van der Waals surface area contributed by atoms with Crippen LogP contribution >= 0.6 is 0 Å². The van der Waals surface area contributed by atoms with Crippen molar-refractivity contribution < 1.29 is 47.1 Å². The highest BCUT2D eigenvalue weighted by Gasteiger charge is 2.38. The van der Waals surface area contributed by atoms with E-state index in [2.05, 4.69) is 10.3 Å². The van der Waals surface area contributed by atoms with Gasteiger partial charge in [-0.25, -0.2) is 9.18 Å². The molecule has 32 heavy (non-hydrogen) atoms. The first-order valence-electron chi connectivity index (χ1n) is 8.43. The third kappa shape index (κ3) is 10.2. The van der Waals surface area contributed by atoms with Crippen LogP contribution in [0.5, 0.6) is 5.75 Å². The number of aliphatic imine (C=N–C) groups is 1. The number of rotatable bonds is 9. The molecule has 0 saturated heterocycles. The van der Waals surface area contributed by atoms with E-state index in [-0.39, 0.29) is 30.8 Å². The van der Waals surface area contributed by atoms with Gasteiger partial charge in [-0.3, -0.25) is 24.7 Å². The number of hydrogen-bond acceptors (Lipinski definition) is 7. The number of benzene rings is 1. The monoisotopic (exact) mass is 469 g/mol. The number of carbonyl (C=O) groups is 3. The second kappa shape index (κ2) is 12.7. The van der Waals surface area contributed by atoms with E-state index in [0.29, 0.717) is 0 Å². The number of aliphatic carboxylic acids is 1. The number of primary amides is 1. The summed E-state index contributed by atoms with van der Waals surface area (Å²) in [5, 5.41) is 29.8. The number of nitrogens with two attached hydrogens (primary N) is 2. The van der Waals surface area contributed by atoms with Gasteiger partial charge < -0.3 is 27.0 Å². The van der Waals surface area contributed by atoms with E-state index in [1.165, 1.54) is 0 Å². The maximum atomic E-state index is 12.1. The molecule has 0 aliphatic rings. The molecule has 0 aliphatic heterocycles. The molecule has 0 radical (unpaired) electrons. The SMILES string of the molecule is NC(=O)[C@H](CCCN=C(N)CF)NC(=O)c1cc([N+](=O)[O-])ccc1O.O=C(O)C(F)(F)F. The van der Waals surface area contributed by atoms with Crippen molar-refractivity contribution in [2.75, 3.05) is 13.2 Å². The van der Waals surface area contributed by atoms with Crippen molar-refractivity contribution in [3.05, 3.63) is 33.9 Å². The number of phenolic OH excluding ortho intramolecular Hbond substituents is 1. The topological polar surface area (TPSA) is 211 Å². The maximum Gasteiger partial charge on any atom is 0.490 e. The van der Waals surface area contributed by atoms with Gasteiger partial charge >= 0.3 is 12.1 Å². The number of nitro benzene ring substituents is 1. The van der Waals surface area contributed by atoms with Crippen LogP contribution < -0.4 is 16.8 Å². The molecule has 12 nitrogen and oxygen atoms in total. The van der Waals surface area contributed by atoms with E-state index in [9.17, 15) is 42.4 Å². The summed E-state index contributed by atoms with van der Waals surface area (Å²) >= 11 is 0. The number of hydrogen-bond donors (Lipinski definition) is 5. The highest BCUT2D eigenvalue weighted by molar-refractivity contribution is 5.99. The van der Waals surface area contributed by atoms with Gasteiger partial charge in [0.25, 0.3) is 11.6 Å². The average Bonchev–Trinajstić information content (AvgIpc) is 2.69. The molecule has 0 bridgehead atoms. The summed E-state index contributed by atoms with van der Waals surface area (Å²) in [5.74, 6) is -5.14. The van der Waals surface area contributed by atoms with Gasteiger partial charge in [-0.05, 0) is 18.9 Å². The second-order valence-electron chi connectivity index (χ2n) is 5.84. The summed E-state index contributed by atoms with van der Waals surface area (Å²) in [6.07, 6.45) is -4.70. The minimum Gasteiger partial charge on any atom is -0.507 e. The Morgan fingerprint density at radius 3 is 2.25 bits per heavy atom. The summed E-state index contributed by atoms with van der Waals surface area (Å²) in [6, 6.07) is 1.83. The van der Waals surface area contributed by atoms with Gasteiger partial charge in [-0.15, -0.1) is 0 Å². The van der Waals surface area contributed by atoms with Crippen molar-refractivity contribution in [1.82, 2.24) is 5.32 Å². The predicted octanol–water partition coefficient (Wildman–Crippen LogP) is 0.624. The van der Waals surface area contributed by atoms with E-state index in [0.717, 1.165) is 18.2 Å². The van der Waals surface area contributed by atoms with Crippen LogP contribution in [-0.4, -0.2) is 64.2 Å². The number of alkyl halides is 4. The number of non-ortho nitro benzene ring substituents is 1. The van der Waals surface area contributed by atoms with Crippen molar-refractivity contribution in [3.8, 4) is 5.75 Å². The smallest absolute Gasteiger partial charge is 0.490 e. The first kappa shape index (κ1) is 28.0. The summed E-state index contributed by atoms with van der Waals surface area (Å²) in [6.45, 7) is -0.750. The minimum absolute atomic E-state index is 0.0971. The van der Waals surface area contributed by atoms with Crippen LogP contribution in [0.3, 0.4) is 0 Å². The van der Waals surface area contributed by atoms with Gasteiger partial charge in [0, 0.05) is 18.7 Å². The standard InChI is InChI=1S/C14H18FN5O5.C2HF3O2/c15-7-12(16)18-5-1-2-10(13(17)22)19-14(23)9-6-8(20(24)25)3-4-11(9)21;3-2(4,5)1(6)7/h3-4,6,10,21H,1-2,5,7H2,(H2,16,18)(H2,17,22)(H,19,23);(H,6,7)/t10-;/m0./s1. The van der Waals surface area contributed by atoms with E-state index < -0.39 is 53.0 Å². The molecule has 0 saturated carbocycles. The van der Waals surface area contributed by atoms with Crippen LogP contribution in [0.15, 0.2) is 23.2 Å². The number of nitrogens with zero attached hydrogens (tertiary/aromatic N) is 2. The number of carboxylic acid groups (broad SMARTS) is 1. The lowest BCUT2D eigenvalue weighted by Gasteiger charge is -2.15. The summed E-state index contributed by atoms with van der Waals surface area (Å²) < 4.78 is 43.9. The molecule has 0 heterocycles. The fourth-order valence-electron chi connectivity index (χ4n) is 1.90. The highest BCUT2D eigenvalue weighted by atomic mass is 19.4. The molecule has 0 aromatic heterocycles. The van der Waals surface area contributed by atoms with Crippen LogP contribution in [0.2, 0.25) is 0 Å². The Morgan fingerprint density at radius 2 is 1.81 bits per heavy atom. The van der Waals surface area contributed by atoms with Crippen LogP contribution in [-0.2, 0) is 9.59 Å². The van der Waals surface area contributed by atoms with Gasteiger partial charge in [0.1, 0.15) is 24.3 Å². The molecule has 0 unspecified atom stereocenters. The van der Waals surface area contributed by atoms with E-state index in [4.69, 9.17) is 21.4 Å². The zero-order valence-corrected chi connectivity index (χ0v) is 16.1. The molecular weight excluding hydrogens is 450 g/mol. The molecule has 0 fully saturated rings. The molecule has 178 valence electrons. The number of amidine groups is 1. The Labute approximate surface area is 177 Å². The molecule has 1 rings (SSSR count). The lowest BCUT2D eigenvalue weighted by atomic mass is 10.1. The largest absolute Gasteiger partial charge is 0.507 e. The highest BCUT2D eigenvalue weighted by Crippen LogP contribution is 2.23. The zero-order valence-electron chi connectivity index (χ0n) is 16.1. The van der Waals surface area contributed by atoms with Crippen molar-refractivity contribution >= 4 is 29.3 Å². The van der Waals surface area contributed by atoms with Crippen LogP contribution in [0.1, 0.15) is 23.2 Å². The van der Waals surface area contributed by atoms with Crippen LogP contribution in [0.25, 0.3) is 0 Å². The summed E-state index contributed by atoms with van der Waals surface area (Å²) in [4.78, 5) is 46.2. The molecular formula is C16H19F4N5O7. The van der Waals surface area contributed by atoms with Crippen LogP contribution in [0, 0.1) is 10.1 Å². The fraction of sp³-hybridized carbons (Fsp3) is 0.375. The Kier molecular flexibility index (Phi) is 11.1. The third-order valence-electron chi connectivity index (χ3n) is 3.43. The Bertz CT molecular complexity index is 877. The Hall–Kier alpha value is -3.98. The molecule has 2 amide bonds. The van der Waals surface area contributed by atoms with E-state index >= 15 is 0 Å². The number of amides is 2. The van der Waals surface area contributed by atoms with Gasteiger partial charge in [0.2, 0.25) is 5.91 Å². The number of phenols is 1. The Morgan fingerprint density at radius 1 is 1.25 bits per heavy atom. The number of nitrogens with one attached hydrogen (secondary N) is 1. The molecule has 1 atom stereocenters. The molecule has 1 aromatic carbocycles. The third-order valence-corrected chi connectivity index (χ3v) is 3.43. The van der Waals surface area contributed by atoms with E-state index in [1.54, 1.807) is 0 Å². The first-order chi connectivity index (χ1) is 14.7. The van der Waals surface area contributed by atoms with Gasteiger partial charge in [0.15, 0.2) is 0 Å². The lowest BCUT2D eigenvalue weighted by Crippen LogP contribution is -2.44. The van der Waals surface area contributed by atoms with Crippen molar-refractivity contribution in [3.63, 3.8) is 0 Å². The summed E-state index contributed by atoms with van der Waals surface area (Å²) in [5.41, 5.74) is 9.64. The van der Waals surface area contributed by atoms with E-state index in [1.807, 2.05) is 0 Å². The number of nitro groups is 1. The molecule has 7 N–H and O–H groups in total. The molecule has 0 spiro atoms. The number of carbonyl (C=O) groups excluding carboxylic acids is 2. The Balaban J connectivity index is 0.00000118. The average molecular weight is 469 g/mol. The van der Waals surface area contributed by atoms with Gasteiger partial charge in [-0.1, -0.05) is 0 Å². The minimum atomic E-state index is -5.08. The van der Waals surface area contributed by atoms with Crippen molar-refractivity contribution in [1.29, 1.82) is 0 Å². The van der Waals surface area contributed by atoms with Gasteiger partial charge in [0.05, 0.1) is 10.5 Å². The van der Waals surface area contributed by atoms with Crippen molar-refractivity contribution in [2.45, 2.75) is 25.1 Å². The number of carboxylic acids is 1. The van der Waals surface area contributed by atoms with Crippen molar-refractivity contribution in [2.24, 2.45) is 16.5 Å². The quantitative estimate of drug-likeness (QED) is 0.0862. The molecule has 1 aromatic rings. The van der Waals surface area contributed by atoms with Gasteiger partial charge in [-0.2, -0.15) is 13.2 Å². The molecule has 16 heteroatoms.